The second-order valence-corrected chi connectivity index (χ2v) is 14.5. The van der Waals surface area contributed by atoms with E-state index >= 15 is 0 Å². The Labute approximate surface area is 288 Å². The van der Waals surface area contributed by atoms with E-state index in [1.54, 1.807) is 7.05 Å². The summed E-state index contributed by atoms with van der Waals surface area (Å²) in [6, 6.07) is 10.7. The number of fused-ring (bicyclic) bond motifs is 2. The summed E-state index contributed by atoms with van der Waals surface area (Å²) in [5.74, 6) is 0.535. The van der Waals surface area contributed by atoms with Gasteiger partial charge in [-0.25, -0.2) is 4.98 Å². The average Bonchev–Trinajstić information content (AvgIpc) is 3.63. The van der Waals surface area contributed by atoms with E-state index in [9.17, 15) is 23.5 Å². The van der Waals surface area contributed by atoms with Gasteiger partial charge in [0.05, 0.1) is 11.8 Å². The van der Waals surface area contributed by atoms with E-state index in [1.165, 1.54) is 17.2 Å². The Balaban J connectivity index is 1.07. The fourth-order valence-electron chi connectivity index (χ4n) is 7.14. The quantitative estimate of drug-likeness (QED) is 0.170. The highest BCUT2D eigenvalue weighted by Crippen LogP contribution is 2.34. The number of nitrogens with two attached hydrogens (primary N) is 1. The van der Waals surface area contributed by atoms with Gasteiger partial charge >= 0.3 is 6.18 Å². The number of alkyl halides is 3. The molecule has 15 heteroatoms. The normalized spacial score (nSPS) is 18.7. The predicted octanol–water partition coefficient (Wildman–Crippen LogP) is 4.13. The van der Waals surface area contributed by atoms with Crippen LogP contribution in [0.15, 0.2) is 24.3 Å². The maximum Gasteiger partial charge on any atom is 0.393 e. The smallest absolute Gasteiger partial charge is 0.377 e. The predicted molar refractivity (Wildman–Crippen MR) is 187 cm³/mol. The van der Waals surface area contributed by atoms with Crippen molar-refractivity contribution in [3.8, 4) is 6.07 Å². The lowest BCUT2D eigenvalue weighted by atomic mass is 10.0. The van der Waals surface area contributed by atoms with E-state index in [0.717, 1.165) is 87.4 Å². The van der Waals surface area contributed by atoms with Crippen molar-refractivity contribution in [1.29, 1.82) is 5.26 Å². The van der Waals surface area contributed by atoms with Gasteiger partial charge in [-0.05, 0) is 63.1 Å². The van der Waals surface area contributed by atoms with Crippen molar-refractivity contribution in [2.24, 2.45) is 0 Å². The number of nitriles is 1. The number of aliphatic hydroxyl groups is 1. The summed E-state index contributed by atoms with van der Waals surface area (Å²) in [6.45, 7) is 11.8. The lowest BCUT2D eigenvalue weighted by Crippen LogP contribution is -2.53. The van der Waals surface area contributed by atoms with E-state index in [1.807, 2.05) is 6.07 Å². The Kier molecular flexibility index (Phi) is 10.6. The number of likely N-dealkylation sites (N-methyl/N-ethyl adjacent to an activating group) is 1. The first-order valence-corrected chi connectivity index (χ1v) is 17.7. The number of aromatic nitrogens is 3. The lowest BCUT2D eigenvalue weighted by molar-refractivity contribution is -0.126. The molecule has 5 heterocycles. The molecular weight excluding hydrogens is 654 g/mol. The number of hydrogen-bond donors (Lipinski definition) is 4. The van der Waals surface area contributed by atoms with E-state index < -0.39 is 18.8 Å². The Morgan fingerprint density at radius 1 is 1.06 bits per heavy atom. The molecule has 6 rings (SSSR count). The third-order valence-electron chi connectivity index (χ3n) is 9.98. The zero-order valence-corrected chi connectivity index (χ0v) is 29.0. The number of β-amino-alcohol motifs (C(OH)–C–C–N with tert-alkyl or cyclic N) is 1. The van der Waals surface area contributed by atoms with E-state index in [-0.39, 0.29) is 22.9 Å². The van der Waals surface area contributed by atoms with Gasteiger partial charge in [0.2, 0.25) is 5.95 Å². The second kappa shape index (κ2) is 14.8. The van der Waals surface area contributed by atoms with Crippen molar-refractivity contribution < 1.29 is 18.3 Å². The standard InChI is InChI=1S/C34H45F3N10OS/c1-21(46-12-10-45(11-13-46)20-30(48)40-3)18-47-25(17-38)14-27-22(2)23(4-5-29(27)47)19-44-8-6-24(7-9-44)41-31-28-15-26(16-34(35,36)37)49-32(28)43-33(39)42-31/h4-5,14-15,21,24,30,40,48H,6-13,16,18-20H2,1-3H3,(H3,39,41,42,43)/t21-,30?/m0/s1. The summed E-state index contributed by atoms with van der Waals surface area (Å²) in [5.41, 5.74) is 10.1. The molecule has 1 unspecified atom stereocenters. The summed E-state index contributed by atoms with van der Waals surface area (Å²) in [5, 5.41) is 28.0. The number of aryl methyl sites for hydroxylation is 1. The largest absolute Gasteiger partial charge is 0.393 e. The van der Waals surface area contributed by atoms with Crippen molar-refractivity contribution in [3.05, 3.63) is 46.0 Å². The molecule has 0 bridgehead atoms. The van der Waals surface area contributed by atoms with Gasteiger partial charge in [-0.1, -0.05) is 6.07 Å². The molecule has 2 aliphatic heterocycles. The number of nitrogen functional groups attached to an aromatic ring is 1. The molecular formula is C34H45F3N10OS. The highest BCUT2D eigenvalue weighted by atomic mass is 32.1. The minimum atomic E-state index is -4.29. The van der Waals surface area contributed by atoms with Crippen LogP contribution in [0.3, 0.4) is 0 Å². The second-order valence-electron chi connectivity index (χ2n) is 13.4. The van der Waals surface area contributed by atoms with Crippen molar-refractivity contribution in [1.82, 2.24) is 34.6 Å². The molecule has 0 aliphatic carbocycles. The number of thiophene rings is 1. The molecule has 5 N–H and O–H groups in total. The number of piperidine rings is 1. The van der Waals surface area contributed by atoms with Crippen LogP contribution in [-0.2, 0) is 19.5 Å². The number of benzene rings is 1. The molecule has 2 saturated heterocycles. The molecule has 0 radical (unpaired) electrons. The Morgan fingerprint density at radius 3 is 2.47 bits per heavy atom. The molecule has 11 nitrogen and oxygen atoms in total. The summed E-state index contributed by atoms with van der Waals surface area (Å²) in [4.78, 5) is 16.3. The first-order valence-electron chi connectivity index (χ1n) is 16.9. The fraction of sp³-hybridized carbons (Fsp3) is 0.559. The summed E-state index contributed by atoms with van der Waals surface area (Å²) in [7, 11) is 1.76. The highest BCUT2D eigenvalue weighted by molar-refractivity contribution is 7.18. The Morgan fingerprint density at radius 2 is 1.80 bits per heavy atom. The van der Waals surface area contributed by atoms with E-state index in [0.29, 0.717) is 28.3 Å². The number of nitrogens with one attached hydrogen (secondary N) is 2. The minimum absolute atomic E-state index is 0.0432. The van der Waals surface area contributed by atoms with Crippen molar-refractivity contribution >= 4 is 44.2 Å². The van der Waals surface area contributed by atoms with Gasteiger partial charge in [0.1, 0.15) is 28.6 Å². The number of hydrogen-bond acceptors (Lipinski definition) is 11. The van der Waals surface area contributed by atoms with Crippen LogP contribution in [0.4, 0.5) is 24.9 Å². The first-order chi connectivity index (χ1) is 23.4. The van der Waals surface area contributed by atoms with Crippen LogP contribution in [0.1, 0.15) is 41.5 Å². The SMILES string of the molecule is CNC(O)CN1CCN([C@@H](C)Cn2c(C#N)cc3c(C)c(CN4CCC(Nc5nc(N)nc6sc(CC(F)(F)F)cc56)CC4)ccc32)CC1. The summed E-state index contributed by atoms with van der Waals surface area (Å²) >= 11 is 1.00. The molecule has 2 aliphatic rings. The molecule has 0 saturated carbocycles. The average molecular weight is 699 g/mol. The van der Waals surface area contributed by atoms with Gasteiger partial charge in [0.25, 0.3) is 0 Å². The summed E-state index contributed by atoms with van der Waals surface area (Å²) in [6.07, 6.45) is -4.11. The fourth-order valence-corrected chi connectivity index (χ4v) is 8.20. The maximum absolute atomic E-state index is 13.0. The Hall–Kier alpha value is -3.52. The third-order valence-corrected chi connectivity index (χ3v) is 11.0. The van der Waals surface area contributed by atoms with Gasteiger partial charge in [-0.15, -0.1) is 11.3 Å². The molecule has 2 atom stereocenters. The minimum Gasteiger partial charge on any atom is -0.377 e. The zero-order valence-electron chi connectivity index (χ0n) is 28.2. The number of likely N-dealkylation sites (tertiary alicyclic amines) is 1. The topological polar surface area (TPSA) is 135 Å². The number of nitrogens with zero attached hydrogens (tertiary/aromatic N) is 7. The molecule has 49 heavy (non-hydrogen) atoms. The molecule has 264 valence electrons. The van der Waals surface area contributed by atoms with Gasteiger partial charge in [-0.2, -0.15) is 23.4 Å². The van der Waals surface area contributed by atoms with Crippen LogP contribution in [0.2, 0.25) is 0 Å². The number of rotatable bonds is 11. The van der Waals surface area contributed by atoms with Gasteiger partial charge < -0.3 is 20.7 Å². The summed E-state index contributed by atoms with van der Waals surface area (Å²) < 4.78 is 41.2. The first kappa shape index (κ1) is 35.3. The van der Waals surface area contributed by atoms with Gasteiger partial charge in [0.15, 0.2) is 0 Å². The monoisotopic (exact) mass is 698 g/mol. The zero-order chi connectivity index (χ0) is 34.9. The van der Waals surface area contributed by atoms with Crippen LogP contribution in [0, 0.1) is 18.3 Å². The van der Waals surface area contributed by atoms with Gasteiger partial charge in [-0.3, -0.25) is 20.0 Å². The maximum atomic E-state index is 13.0. The Bertz CT molecular complexity index is 1800. The van der Waals surface area contributed by atoms with Crippen molar-refractivity contribution in [2.45, 2.75) is 70.7 Å². The molecule has 2 fully saturated rings. The molecule has 3 aromatic heterocycles. The number of piperazine rings is 1. The van der Waals surface area contributed by atoms with Crippen LogP contribution in [0.25, 0.3) is 21.1 Å². The van der Waals surface area contributed by atoms with Gasteiger partial charge in [0, 0.05) is 86.8 Å². The van der Waals surface area contributed by atoms with Crippen LogP contribution in [-0.4, -0.2) is 112 Å². The highest BCUT2D eigenvalue weighted by Gasteiger charge is 2.30. The number of anilines is 2. The van der Waals surface area contributed by atoms with Crippen LogP contribution < -0.4 is 16.4 Å². The van der Waals surface area contributed by atoms with E-state index in [2.05, 4.69) is 71.9 Å². The molecule has 1 aromatic carbocycles. The van der Waals surface area contributed by atoms with Crippen LogP contribution >= 0.6 is 11.3 Å². The number of halogens is 3. The molecule has 0 amide bonds. The molecule has 4 aromatic rings. The molecule has 0 spiro atoms. The lowest BCUT2D eigenvalue weighted by Gasteiger charge is -2.38. The van der Waals surface area contributed by atoms with E-state index in [4.69, 9.17) is 5.73 Å². The van der Waals surface area contributed by atoms with Crippen LogP contribution in [0.5, 0.6) is 0 Å². The van der Waals surface area contributed by atoms with Crippen molar-refractivity contribution in [3.63, 3.8) is 0 Å². The van der Waals surface area contributed by atoms with Crippen molar-refractivity contribution in [2.75, 3.05) is 63.9 Å². The number of aliphatic hydroxyl groups excluding tert-OH is 1. The third kappa shape index (κ3) is 8.28.